The van der Waals surface area contributed by atoms with Gasteiger partial charge in [0.2, 0.25) is 15.9 Å². The van der Waals surface area contributed by atoms with E-state index in [2.05, 4.69) is 5.32 Å². The molecule has 7 heteroatoms. The van der Waals surface area contributed by atoms with Gasteiger partial charge in [-0.1, -0.05) is 29.8 Å². The van der Waals surface area contributed by atoms with E-state index in [0.717, 1.165) is 17.4 Å². The van der Waals surface area contributed by atoms with Crippen LogP contribution in [0.2, 0.25) is 0 Å². The van der Waals surface area contributed by atoms with Gasteiger partial charge in [0.05, 0.1) is 6.26 Å². The Morgan fingerprint density at radius 3 is 2.11 bits per heavy atom. The maximum atomic E-state index is 12.2. The number of hydrogen-bond acceptors (Lipinski definition) is 4. The second-order valence-corrected chi connectivity index (χ2v) is 8.50. The molecule has 1 amide bonds. The molecule has 0 fully saturated rings. The SMILES string of the molecule is CC(=O)c1ccc(NC(=O)CCN(Cc2ccc(C)cc2)S(C)(=O)=O)cc1. The van der Waals surface area contributed by atoms with E-state index in [4.69, 9.17) is 0 Å². The molecule has 27 heavy (non-hydrogen) atoms. The molecule has 2 rings (SSSR count). The Morgan fingerprint density at radius 1 is 1.00 bits per heavy atom. The van der Waals surface area contributed by atoms with Crippen molar-refractivity contribution in [1.29, 1.82) is 0 Å². The second kappa shape index (κ2) is 8.92. The number of nitrogens with zero attached hydrogens (tertiary/aromatic N) is 1. The van der Waals surface area contributed by atoms with Crippen LogP contribution >= 0.6 is 0 Å². The quantitative estimate of drug-likeness (QED) is 0.705. The smallest absolute Gasteiger partial charge is 0.225 e. The summed E-state index contributed by atoms with van der Waals surface area (Å²) >= 11 is 0. The highest BCUT2D eigenvalue weighted by Gasteiger charge is 2.18. The first-order valence-electron chi connectivity index (χ1n) is 8.56. The highest BCUT2D eigenvalue weighted by atomic mass is 32.2. The number of amides is 1. The first-order chi connectivity index (χ1) is 12.6. The number of anilines is 1. The van der Waals surface area contributed by atoms with Crippen molar-refractivity contribution in [3.05, 3.63) is 65.2 Å². The van der Waals surface area contributed by atoms with Gasteiger partial charge in [-0.3, -0.25) is 9.59 Å². The van der Waals surface area contributed by atoms with Crippen LogP contribution in [-0.2, 0) is 21.4 Å². The minimum Gasteiger partial charge on any atom is -0.326 e. The van der Waals surface area contributed by atoms with Crippen LogP contribution in [-0.4, -0.2) is 37.2 Å². The molecule has 0 unspecified atom stereocenters. The minimum absolute atomic E-state index is 0.0351. The van der Waals surface area contributed by atoms with Crippen molar-refractivity contribution in [3.8, 4) is 0 Å². The number of aryl methyl sites for hydroxylation is 1. The molecule has 0 aliphatic rings. The zero-order chi connectivity index (χ0) is 20.0. The zero-order valence-corrected chi connectivity index (χ0v) is 16.5. The summed E-state index contributed by atoms with van der Waals surface area (Å²) in [6, 6.07) is 14.2. The maximum Gasteiger partial charge on any atom is 0.225 e. The van der Waals surface area contributed by atoms with Crippen LogP contribution in [0.1, 0.15) is 34.8 Å². The van der Waals surface area contributed by atoms with E-state index in [1.807, 2.05) is 31.2 Å². The lowest BCUT2D eigenvalue weighted by Gasteiger charge is -2.20. The van der Waals surface area contributed by atoms with E-state index < -0.39 is 10.0 Å². The Labute approximate surface area is 160 Å². The van der Waals surface area contributed by atoms with Gasteiger partial charge in [-0.25, -0.2) is 8.42 Å². The Morgan fingerprint density at radius 2 is 1.59 bits per heavy atom. The minimum atomic E-state index is -3.44. The van der Waals surface area contributed by atoms with Crippen molar-refractivity contribution in [1.82, 2.24) is 4.31 Å². The van der Waals surface area contributed by atoms with Crippen LogP contribution < -0.4 is 5.32 Å². The van der Waals surface area contributed by atoms with E-state index in [9.17, 15) is 18.0 Å². The lowest BCUT2D eigenvalue weighted by atomic mass is 10.1. The van der Waals surface area contributed by atoms with Crippen molar-refractivity contribution in [3.63, 3.8) is 0 Å². The van der Waals surface area contributed by atoms with Gasteiger partial charge in [0.25, 0.3) is 0 Å². The number of ketones is 1. The number of benzene rings is 2. The molecule has 144 valence electrons. The van der Waals surface area contributed by atoms with Gasteiger partial charge in [-0.15, -0.1) is 0 Å². The number of sulfonamides is 1. The standard InChI is InChI=1S/C20H24N2O4S/c1-15-4-6-17(7-5-15)14-22(27(3,25)26)13-12-20(24)21-19-10-8-18(9-11-19)16(2)23/h4-11H,12-14H2,1-3H3,(H,21,24). The monoisotopic (exact) mass is 388 g/mol. The fourth-order valence-corrected chi connectivity index (χ4v) is 3.30. The number of carbonyl (C=O) groups is 2. The molecule has 0 aromatic heterocycles. The van der Waals surface area contributed by atoms with Crippen molar-refractivity contribution in [2.75, 3.05) is 18.1 Å². The summed E-state index contributed by atoms with van der Waals surface area (Å²) in [6.45, 7) is 3.75. The third kappa shape index (κ3) is 6.62. The molecule has 0 saturated heterocycles. The number of hydrogen-bond donors (Lipinski definition) is 1. The molecule has 0 heterocycles. The summed E-state index contributed by atoms with van der Waals surface area (Å²) in [5, 5.41) is 2.71. The van der Waals surface area contributed by atoms with E-state index >= 15 is 0 Å². The molecule has 0 aliphatic heterocycles. The van der Waals surface area contributed by atoms with Gasteiger partial charge in [0.1, 0.15) is 0 Å². The summed E-state index contributed by atoms with van der Waals surface area (Å²) in [5.41, 5.74) is 3.09. The van der Waals surface area contributed by atoms with Gasteiger partial charge in [-0.2, -0.15) is 4.31 Å². The Kier molecular flexibility index (Phi) is 6.87. The van der Waals surface area contributed by atoms with Gasteiger partial charge in [-0.05, 0) is 43.7 Å². The summed E-state index contributed by atoms with van der Waals surface area (Å²) < 4.78 is 25.4. The van der Waals surface area contributed by atoms with E-state index in [1.165, 1.54) is 11.2 Å². The van der Waals surface area contributed by atoms with Crippen LogP contribution in [0.25, 0.3) is 0 Å². The third-order valence-electron chi connectivity index (χ3n) is 4.11. The lowest BCUT2D eigenvalue weighted by molar-refractivity contribution is -0.116. The summed E-state index contributed by atoms with van der Waals surface area (Å²) in [5.74, 6) is -0.337. The fourth-order valence-electron chi connectivity index (χ4n) is 2.50. The van der Waals surface area contributed by atoms with E-state index in [0.29, 0.717) is 11.3 Å². The van der Waals surface area contributed by atoms with Gasteiger partial charge < -0.3 is 5.32 Å². The number of nitrogens with one attached hydrogen (secondary N) is 1. The predicted octanol–water partition coefficient (Wildman–Crippen LogP) is 2.99. The van der Waals surface area contributed by atoms with Crippen molar-refractivity contribution >= 4 is 27.4 Å². The van der Waals surface area contributed by atoms with Crippen LogP contribution in [0.15, 0.2) is 48.5 Å². The number of Topliss-reactive ketones (excluding diaryl/α,β-unsaturated/α-hetero) is 1. The molecule has 0 bridgehead atoms. The Hall–Kier alpha value is -2.51. The van der Waals surface area contributed by atoms with Crippen molar-refractivity contribution < 1.29 is 18.0 Å². The number of rotatable bonds is 8. The molecule has 0 atom stereocenters. The van der Waals surface area contributed by atoms with Crippen LogP contribution in [0.3, 0.4) is 0 Å². The second-order valence-electron chi connectivity index (χ2n) is 6.51. The molecule has 0 aliphatic carbocycles. The Bertz CT molecular complexity index is 904. The average molecular weight is 388 g/mol. The summed E-state index contributed by atoms with van der Waals surface area (Å²) in [6.07, 6.45) is 1.17. The molecule has 0 radical (unpaired) electrons. The zero-order valence-electron chi connectivity index (χ0n) is 15.7. The van der Waals surface area contributed by atoms with Gasteiger partial charge in [0.15, 0.2) is 5.78 Å². The van der Waals surface area contributed by atoms with Crippen LogP contribution in [0, 0.1) is 6.92 Å². The maximum absolute atomic E-state index is 12.2. The lowest BCUT2D eigenvalue weighted by Crippen LogP contribution is -2.32. The van der Waals surface area contributed by atoms with Crippen molar-refractivity contribution in [2.45, 2.75) is 26.8 Å². The van der Waals surface area contributed by atoms with E-state index in [-0.39, 0.29) is 31.2 Å². The number of carbonyl (C=O) groups excluding carboxylic acids is 2. The normalized spacial score (nSPS) is 11.4. The molecule has 2 aromatic rings. The largest absolute Gasteiger partial charge is 0.326 e. The molecule has 0 spiro atoms. The molecule has 2 aromatic carbocycles. The Balaban J connectivity index is 1.96. The predicted molar refractivity (Wildman–Crippen MR) is 106 cm³/mol. The first-order valence-corrected chi connectivity index (χ1v) is 10.4. The molecule has 0 saturated carbocycles. The molecule has 1 N–H and O–H groups in total. The highest BCUT2D eigenvalue weighted by molar-refractivity contribution is 7.88. The van der Waals surface area contributed by atoms with Gasteiger partial charge >= 0.3 is 0 Å². The van der Waals surface area contributed by atoms with Gasteiger partial charge in [0, 0.05) is 30.8 Å². The topological polar surface area (TPSA) is 83.6 Å². The van der Waals surface area contributed by atoms with Crippen LogP contribution in [0.4, 0.5) is 5.69 Å². The fraction of sp³-hybridized carbons (Fsp3) is 0.300. The molecule has 6 nitrogen and oxygen atoms in total. The first kappa shape index (κ1) is 20.8. The summed E-state index contributed by atoms with van der Waals surface area (Å²) in [4.78, 5) is 23.4. The molecular formula is C20H24N2O4S. The highest BCUT2D eigenvalue weighted by Crippen LogP contribution is 2.13. The third-order valence-corrected chi connectivity index (χ3v) is 5.36. The van der Waals surface area contributed by atoms with E-state index in [1.54, 1.807) is 24.3 Å². The van der Waals surface area contributed by atoms with Crippen LogP contribution in [0.5, 0.6) is 0 Å². The average Bonchev–Trinajstić information content (AvgIpc) is 2.59. The molecular weight excluding hydrogens is 364 g/mol. The van der Waals surface area contributed by atoms with Crippen molar-refractivity contribution in [2.24, 2.45) is 0 Å². The summed E-state index contributed by atoms with van der Waals surface area (Å²) in [7, 11) is -3.44.